The predicted octanol–water partition coefficient (Wildman–Crippen LogP) is 4.57. The number of carbonyl (C=O) groups is 1. The SMILES string of the molecule is Cc1nn(Cc2ccccc2Cl)c2sc(C(=O)OCCCC#N)cc12. The number of fused-ring (bicyclic) bond motifs is 1. The second-order valence-electron chi connectivity index (χ2n) is 5.56. The Bertz CT molecular complexity index is 955. The van der Waals surface area contributed by atoms with E-state index in [1.807, 2.05) is 48.0 Å². The first-order chi connectivity index (χ1) is 12.1. The third kappa shape index (κ3) is 3.84. The largest absolute Gasteiger partial charge is 0.461 e. The molecule has 0 saturated carbocycles. The quantitative estimate of drug-likeness (QED) is 0.469. The number of hydrogen-bond acceptors (Lipinski definition) is 5. The average molecular weight is 374 g/mol. The van der Waals surface area contributed by atoms with E-state index in [0.717, 1.165) is 21.5 Å². The molecule has 0 aliphatic carbocycles. The van der Waals surface area contributed by atoms with Gasteiger partial charge in [0.25, 0.3) is 0 Å². The summed E-state index contributed by atoms with van der Waals surface area (Å²) < 4.78 is 7.08. The molecule has 0 N–H and O–H groups in total. The zero-order valence-corrected chi connectivity index (χ0v) is 15.2. The number of ether oxygens (including phenoxy) is 1. The van der Waals surface area contributed by atoms with Crippen molar-refractivity contribution in [3.63, 3.8) is 0 Å². The van der Waals surface area contributed by atoms with Crippen molar-refractivity contribution >= 4 is 39.1 Å². The van der Waals surface area contributed by atoms with Crippen LogP contribution in [0.25, 0.3) is 10.2 Å². The Morgan fingerprint density at radius 3 is 3.00 bits per heavy atom. The van der Waals surface area contributed by atoms with E-state index < -0.39 is 0 Å². The summed E-state index contributed by atoms with van der Waals surface area (Å²) in [4.78, 5) is 13.6. The van der Waals surface area contributed by atoms with E-state index >= 15 is 0 Å². The van der Waals surface area contributed by atoms with Crippen molar-refractivity contribution in [3.8, 4) is 6.07 Å². The van der Waals surface area contributed by atoms with Gasteiger partial charge in [0.2, 0.25) is 0 Å². The van der Waals surface area contributed by atoms with Crippen molar-refractivity contribution in [2.45, 2.75) is 26.3 Å². The van der Waals surface area contributed by atoms with Crippen LogP contribution in [0, 0.1) is 18.3 Å². The van der Waals surface area contributed by atoms with E-state index in [0.29, 0.717) is 29.3 Å². The van der Waals surface area contributed by atoms with Crippen LogP contribution in [0.2, 0.25) is 5.02 Å². The molecule has 0 unspecified atom stereocenters. The van der Waals surface area contributed by atoms with Crippen LogP contribution in [0.1, 0.15) is 33.8 Å². The number of benzene rings is 1. The first-order valence-electron chi connectivity index (χ1n) is 7.84. The monoisotopic (exact) mass is 373 g/mol. The molecule has 3 aromatic rings. The molecular formula is C18H16ClN3O2S. The van der Waals surface area contributed by atoms with Crippen LogP contribution in [0.15, 0.2) is 30.3 Å². The van der Waals surface area contributed by atoms with E-state index in [2.05, 4.69) is 5.10 Å². The maximum absolute atomic E-state index is 12.2. The van der Waals surface area contributed by atoms with Gasteiger partial charge in [0.1, 0.15) is 9.71 Å². The van der Waals surface area contributed by atoms with Gasteiger partial charge in [-0.05, 0) is 31.0 Å². The van der Waals surface area contributed by atoms with Gasteiger partial charge in [0, 0.05) is 16.8 Å². The van der Waals surface area contributed by atoms with Crippen LogP contribution in [-0.2, 0) is 11.3 Å². The lowest BCUT2D eigenvalue weighted by atomic mass is 10.2. The minimum atomic E-state index is -0.358. The smallest absolute Gasteiger partial charge is 0.348 e. The van der Waals surface area contributed by atoms with Crippen LogP contribution in [-0.4, -0.2) is 22.4 Å². The van der Waals surface area contributed by atoms with Gasteiger partial charge in [-0.3, -0.25) is 4.68 Å². The summed E-state index contributed by atoms with van der Waals surface area (Å²) in [5, 5.41) is 14.7. The topological polar surface area (TPSA) is 67.9 Å². The number of hydrogen-bond donors (Lipinski definition) is 0. The number of nitrogens with zero attached hydrogens (tertiary/aromatic N) is 3. The molecule has 25 heavy (non-hydrogen) atoms. The van der Waals surface area contributed by atoms with Gasteiger partial charge in [-0.15, -0.1) is 11.3 Å². The Morgan fingerprint density at radius 2 is 2.24 bits per heavy atom. The number of aryl methyl sites for hydroxylation is 1. The van der Waals surface area contributed by atoms with Gasteiger partial charge in [-0.1, -0.05) is 29.8 Å². The number of rotatable bonds is 6. The van der Waals surface area contributed by atoms with Crippen molar-refractivity contribution in [1.82, 2.24) is 9.78 Å². The van der Waals surface area contributed by atoms with Crippen molar-refractivity contribution in [3.05, 3.63) is 51.5 Å². The highest BCUT2D eigenvalue weighted by Gasteiger charge is 2.17. The second-order valence-corrected chi connectivity index (χ2v) is 7.00. The van der Waals surface area contributed by atoms with Crippen molar-refractivity contribution in [1.29, 1.82) is 5.26 Å². The Hall–Kier alpha value is -2.36. The third-order valence-corrected chi connectivity index (χ3v) is 5.25. The van der Waals surface area contributed by atoms with E-state index in [-0.39, 0.29) is 12.6 Å². The van der Waals surface area contributed by atoms with Gasteiger partial charge in [-0.25, -0.2) is 4.79 Å². The second kappa shape index (κ2) is 7.68. The van der Waals surface area contributed by atoms with Crippen LogP contribution in [0.3, 0.4) is 0 Å². The number of unbranched alkanes of at least 4 members (excludes halogenated alkanes) is 1. The number of nitriles is 1. The lowest BCUT2D eigenvalue weighted by molar-refractivity contribution is 0.0507. The summed E-state index contributed by atoms with van der Waals surface area (Å²) in [7, 11) is 0. The Labute approximate surface area is 154 Å². The fourth-order valence-electron chi connectivity index (χ4n) is 2.50. The van der Waals surface area contributed by atoms with E-state index in [1.165, 1.54) is 11.3 Å². The van der Waals surface area contributed by atoms with Crippen molar-refractivity contribution in [2.24, 2.45) is 0 Å². The van der Waals surface area contributed by atoms with E-state index in [4.69, 9.17) is 21.6 Å². The molecule has 2 aromatic heterocycles. The normalized spacial score (nSPS) is 10.8. The van der Waals surface area contributed by atoms with Crippen molar-refractivity contribution in [2.75, 3.05) is 6.61 Å². The molecule has 3 rings (SSSR count). The summed E-state index contributed by atoms with van der Waals surface area (Å²) in [5.41, 5.74) is 1.84. The lowest BCUT2D eigenvalue weighted by Gasteiger charge is -2.05. The standard InChI is InChI=1S/C18H16ClN3O2S/c1-12-14-10-16(18(23)24-9-5-4-8-20)25-17(14)22(21-12)11-13-6-2-3-7-15(13)19/h2-3,6-7,10H,4-5,9,11H2,1H3. The maximum atomic E-state index is 12.2. The fourth-order valence-corrected chi connectivity index (χ4v) is 3.75. The Kier molecular flexibility index (Phi) is 5.37. The molecule has 128 valence electrons. The molecule has 0 spiro atoms. The van der Waals surface area contributed by atoms with Crippen LogP contribution >= 0.6 is 22.9 Å². The predicted molar refractivity (Wildman–Crippen MR) is 98.0 cm³/mol. The molecule has 0 radical (unpaired) electrons. The molecule has 5 nitrogen and oxygen atoms in total. The molecule has 0 atom stereocenters. The molecule has 0 aliphatic heterocycles. The highest BCUT2D eigenvalue weighted by atomic mass is 35.5. The molecule has 7 heteroatoms. The van der Waals surface area contributed by atoms with E-state index in [1.54, 1.807) is 0 Å². The first kappa shape index (κ1) is 17.5. The summed E-state index contributed by atoms with van der Waals surface area (Å²) in [5.74, 6) is -0.358. The van der Waals surface area contributed by atoms with Gasteiger partial charge in [0.15, 0.2) is 0 Å². The Balaban J connectivity index is 1.82. The molecule has 1 aromatic carbocycles. The summed E-state index contributed by atoms with van der Waals surface area (Å²) >= 11 is 7.60. The molecule has 0 saturated heterocycles. The average Bonchev–Trinajstić information content (AvgIpc) is 3.15. The molecule has 2 heterocycles. The van der Waals surface area contributed by atoms with E-state index in [9.17, 15) is 4.79 Å². The molecular weight excluding hydrogens is 358 g/mol. The van der Waals surface area contributed by atoms with Gasteiger partial charge in [0.05, 0.1) is 24.9 Å². The number of thiophene rings is 1. The summed E-state index contributed by atoms with van der Waals surface area (Å²) in [6.45, 7) is 2.72. The van der Waals surface area contributed by atoms with Gasteiger partial charge in [-0.2, -0.15) is 10.4 Å². The lowest BCUT2D eigenvalue weighted by Crippen LogP contribution is -2.04. The zero-order valence-electron chi connectivity index (χ0n) is 13.7. The summed E-state index contributed by atoms with van der Waals surface area (Å²) in [6, 6.07) is 11.5. The van der Waals surface area contributed by atoms with Gasteiger partial charge < -0.3 is 4.74 Å². The fraction of sp³-hybridized carbons (Fsp3) is 0.278. The molecule has 0 aliphatic rings. The summed E-state index contributed by atoms with van der Waals surface area (Å²) in [6.07, 6.45) is 0.929. The third-order valence-electron chi connectivity index (χ3n) is 3.75. The van der Waals surface area contributed by atoms with Crippen LogP contribution in [0.5, 0.6) is 0 Å². The Morgan fingerprint density at radius 1 is 1.44 bits per heavy atom. The van der Waals surface area contributed by atoms with Gasteiger partial charge >= 0.3 is 5.97 Å². The van der Waals surface area contributed by atoms with Crippen LogP contribution in [0.4, 0.5) is 0 Å². The number of halogens is 1. The first-order valence-corrected chi connectivity index (χ1v) is 9.04. The minimum Gasteiger partial charge on any atom is -0.461 e. The van der Waals surface area contributed by atoms with Crippen LogP contribution < -0.4 is 0 Å². The number of carbonyl (C=O) groups excluding carboxylic acids is 1. The molecule has 0 amide bonds. The molecule has 0 bridgehead atoms. The van der Waals surface area contributed by atoms with Crippen molar-refractivity contribution < 1.29 is 9.53 Å². The molecule has 0 fully saturated rings. The number of esters is 1. The highest BCUT2D eigenvalue weighted by molar-refractivity contribution is 7.20. The zero-order chi connectivity index (χ0) is 17.8. The number of aromatic nitrogens is 2. The highest BCUT2D eigenvalue weighted by Crippen LogP contribution is 2.30. The maximum Gasteiger partial charge on any atom is 0.348 e. The minimum absolute atomic E-state index is 0.255.